The van der Waals surface area contributed by atoms with Crippen LogP contribution in [-0.2, 0) is 37.3 Å². The minimum atomic E-state index is -4.74. The van der Waals surface area contributed by atoms with E-state index in [0.717, 1.165) is 9.89 Å². The lowest BCUT2D eigenvalue weighted by Gasteiger charge is -2.50. The number of hydrogen-bond acceptors (Lipinski definition) is 8. The minimum absolute atomic E-state index is 0.00694. The number of rotatable bonds is 6. The molecule has 2 aliphatic heterocycles. The summed E-state index contributed by atoms with van der Waals surface area (Å²) in [5, 5.41) is 12.8. The number of likely N-dealkylation sites (tertiary alicyclic amines) is 1. The molecule has 0 spiro atoms. The average molecular weight is 768 g/mol. The van der Waals surface area contributed by atoms with Gasteiger partial charge >= 0.3 is 6.18 Å². The third-order valence-corrected chi connectivity index (χ3v) is 12.2. The van der Waals surface area contributed by atoms with Gasteiger partial charge in [0.15, 0.2) is 5.82 Å². The SMILES string of the molecule is O=C1[C@H]2[C@H](CC=C3[C@H]2C[C@H]2C(=O)N(Nc4ncc(C(F)(F)F)cc4Cl)C(=O)[C@@]2(c2ccc(Cl)cc2)[C@H]3c2ccc(O)cc2)C(=O)N1Cc1cccs1. The molecule has 4 aliphatic rings. The molecule has 2 saturated heterocycles. The number of allylic oxidation sites excluding steroid dienone is 2. The highest BCUT2D eigenvalue weighted by Gasteiger charge is 2.70. The number of imide groups is 2. The number of thiophene rings is 1. The summed E-state index contributed by atoms with van der Waals surface area (Å²) in [6, 6.07) is 17.1. The molecule has 6 atom stereocenters. The zero-order chi connectivity index (χ0) is 36.7. The summed E-state index contributed by atoms with van der Waals surface area (Å²) >= 11 is 14.0. The normalized spacial score (nSPS) is 27.0. The van der Waals surface area contributed by atoms with Crippen LogP contribution in [0.15, 0.2) is 90.0 Å². The van der Waals surface area contributed by atoms with Crippen LogP contribution in [0.1, 0.15) is 40.3 Å². The number of aromatic nitrogens is 1. The van der Waals surface area contributed by atoms with Crippen molar-refractivity contribution in [3.63, 3.8) is 0 Å². The van der Waals surface area contributed by atoms with E-state index in [1.54, 1.807) is 36.4 Å². The van der Waals surface area contributed by atoms with Crippen LogP contribution in [0.3, 0.4) is 0 Å². The van der Waals surface area contributed by atoms with Gasteiger partial charge in [-0.2, -0.15) is 18.2 Å². The van der Waals surface area contributed by atoms with Gasteiger partial charge in [-0.3, -0.25) is 29.5 Å². The molecule has 8 rings (SSSR count). The summed E-state index contributed by atoms with van der Waals surface area (Å²) in [5.41, 5.74) is 1.53. The molecular formula is C37H27Cl2F3N4O5S. The van der Waals surface area contributed by atoms with Crippen LogP contribution in [0.5, 0.6) is 5.75 Å². The molecule has 0 unspecified atom stereocenters. The van der Waals surface area contributed by atoms with Gasteiger partial charge < -0.3 is 5.11 Å². The summed E-state index contributed by atoms with van der Waals surface area (Å²) < 4.78 is 40.3. The Morgan fingerprint density at radius 3 is 2.35 bits per heavy atom. The zero-order valence-corrected chi connectivity index (χ0v) is 29.1. The predicted octanol–water partition coefficient (Wildman–Crippen LogP) is 7.36. The lowest BCUT2D eigenvalue weighted by molar-refractivity contribution is -0.142. The molecule has 0 bridgehead atoms. The van der Waals surface area contributed by atoms with Gasteiger partial charge in [0.25, 0.3) is 11.8 Å². The van der Waals surface area contributed by atoms with Crippen LogP contribution in [0, 0.1) is 23.7 Å². The molecule has 2 aliphatic carbocycles. The van der Waals surface area contributed by atoms with Gasteiger partial charge in [-0.05, 0) is 71.7 Å². The summed E-state index contributed by atoms with van der Waals surface area (Å²) in [7, 11) is 0. The van der Waals surface area contributed by atoms with Crippen LogP contribution in [0.4, 0.5) is 19.0 Å². The number of halogens is 5. The predicted molar refractivity (Wildman–Crippen MR) is 185 cm³/mol. The van der Waals surface area contributed by atoms with E-state index in [9.17, 15) is 32.7 Å². The van der Waals surface area contributed by atoms with Gasteiger partial charge in [-0.15, -0.1) is 11.3 Å². The van der Waals surface area contributed by atoms with Crippen molar-refractivity contribution in [3.05, 3.63) is 122 Å². The number of amides is 4. The number of nitrogens with one attached hydrogen (secondary N) is 1. The topological polar surface area (TPSA) is 120 Å². The van der Waals surface area contributed by atoms with Crippen molar-refractivity contribution in [2.24, 2.45) is 23.7 Å². The van der Waals surface area contributed by atoms with Crippen molar-refractivity contribution in [2.45, 2.75) is 36.9 Å². The van der Waals surface area contributed by atoms with E-state index < -0.39 is 63.6 Å². The molecule has 52 heavy (non-hydrogen) atoms. The Morgan fingerprint density at radius 2 is 1.69 bits per heavy atom. The Hall–Kier alpha value is -4.72. The van der Waals surface area contributed by atoms with Crippen LogP contribution < -0.4 is 5.43 Å². The molecule has 2 aromatic heterocycles. The first-order valence-corrected chi connectivity index (χ1v) is 17.9. The molecule has 0 radical (unpaired) electrons. The molecule has 2 aromatic carbocycles. The number of carbonyl (C=O) groups excluding carboxylic acids is 4. The lowest BCUT2D eigenvalue weighted by Crippen LogP contribution is -2.53. The lowest BCUT2D eigenvalue weighted by atomic mass is 9.49. The Bertz CT molecular complexity index is 2160. The third kappa shape index (κ3) is 5.23. The highest BCUT2D eigenvalue weighted by atomic mass is 35.5. The number of anilines is 1. The molecule has 3 fully saturated rings. The minimum Gasteiger partial charge on any atom is -0.508 e. The van der Waals surface area contributed by atoms with E-state index in [1.165, 1.54) is 28.4 Å². The van der Waals surface area contributed by atoms with E-state index in [1.807, 2.05) is 23.6 Å². The van der Waals surface area contributed by atoms with Crippen molar-refractivity contribution in [1.29, 1.82) is 0 Å². The maximum atomic E-state index is 15.2. The number of hydrazine groups is 1. The van der Waals surface area contributed by atoms with Gasteiger partial charge in [-0.25, -0.2) is 4.98 Å². The monoisotopic (exact) mass is 766 g/mol. The molecule has 9 nitrogen and oxygen atoms in total. The molecule has 2 N–H and O–H groups in total. The van der Waals surface area contributed by atoms with Gasteiger partial charge in [0.2, 0.25) is 11.8 Å². The number of aromatic hydroxyl groups is 1. The number of hydrogen-bond donors (Lipinski definition) is 2. The zero-order valence-electron chi connectivity index (χ0n) is 26.8. The van der Waals surface area contributed by atoms with Crippen molar-refractivity contribution < 1.29 is 37.5 Å². The fourth-order valence-corrected chi connectivity index (χ4v) is 9.63. The quantitative estimate of drug-likeness (QED) is 0.156. The van der Waals surface area contributed by atoms with Crippen molar-refractivity contribution >= 4 is 64.0 Å². The smallest absolute Gasteiger partial charge is 0.417 e. The van der Waals surface area contributed by atoms with Crippen LogP contribution in [0.2, 0.25) is 10.0 Å². The van der Waals surface area contributed by atoms with Crippen molar-refractivity contribution in [1.82, 2.24) is 14.9 Å². The first-order valence-electron chi connectivity index (χ1n) is 16.3. The number of nitrogens with zero attached hydrogens (tertiary/aromatic N) is 3. The highest BCUT2D eigenvalue weighted by Crippen LogP contribution is 2.64. The average Bonchev–Trinajstić information content (AvgIpc) is 3.77. The van der Waals surface area contributed by atoms with Gasteiger partial charge in [0.1, 0.15) is 5.75 Å². The fraction of sp³-hybridized carbons (Fsp3) is 0.270. The number of phenolic OH excluding ortho intramolecular Hbond substituents is 1. The number of benzene rings is 2. The Balaban J connectivity index is 1.28. The number of pyridine rings is 1. The third-order valence-electron chi connectivity index (χ3n) is 10.8. The van der Waals surface area contributed by atoms with E-state index >= 15 is 4.79 Å². The number of phenols is 1. The second-order valence-electron chi connectivity index (χ2n) is 13.4. The Labute approximate surface area is 308 Å². The maximum absolute atomic E-state index is 15.2. The largest absolute Gasteiger partial charge is 0.508 e. The highest BCUT2D eigenvalue weighted by molar-refractivity contribution is 7.09. The van der Waals surface area contributed by atoms with Crippen molar-refractivity contribution in [2.75, 3.05) is 5.43 Å². The first kappa shape index (κ1) is 34.4. The number of carbonyl (C=O) groups is 4. The van der Waals surface area contributed by atoms with E-state index in [2.05, 4.69) is 10.4 Å². The molecule has 4 aromatic rings. The molecular weight excluding hydrogens is 740 g/mol. The second kappa shape index (κ2) is 12.5. The number of fused-ring (bicyclic) bond motifs is 4. The fourth-order valence-electron chi connectivity index (χ4n) is 8.60. The maximum Gasteiger partial charge on any atom is 0.417 e. The van der Waals surface area contributed by atoms with Crippen LogP contribution >= 0.6 is 34.5 Å². The summed E-state index contributed by atoms with van der Waals surface area (Å²) in [4.78, 5) is 63.8. The molecule has 266 valence electrons. The first-order chi connectivity index (χ1) is 24.8. The van der Waals surface area contributed by atoms with E-state index in [4.69, 9.17) is 23.2 Å². The van der Waals surface area contributed by atoms with Crippen molar-refractivity contribution in [3.8, 4) is 5.75 Å². The number of alkyl halides is 3. The molecule has 4 heterocycles. The summed E-state index contributed by atoms with van der Waals surface area (Å²) in [5.74, 6) is -6.57. The van der Waals surface area contributed by atoms with Gasteiger partial charge in [0.05, 0.1) is 40.3 Å². The summed E-state index contributed by atoms with van der Waals surface area (Å²) in [6.45, 7) is 0.125. The summed E-state index contributed by atoms with van der Waals surface area (Å²) in [6.07, 6.45) is -2.05. The van der Waals surface area contributed by atoms with Gasteiger partial charge in [-0.1, -0.05) is 65.2 Å². The van der Waals surface area contributed by atoms with E-state index in [-0.39, 0.29) is 42.8 Å². The molecule has 15 heteroatoms. The Kier molecular flexibility index (Phi) is 8.23. The second-order valence-corrected chi connectivity index (χ2v) is 15.2. The van der Waals surface area contributed by atoms with Crippen LogP contribution in [-0.4, -0.2) is 43.6 Å². The van der Waals surface area contributed by atoms with Gasteiger partial charge in [0, 0.05) is 22.0 Å². The Morgan fingerprint density at radius 1 is 0.962 bits per heavy atom. The van der Waals surface area contributed by atoms with Crippen LogP contribution in [0.25, 0.3) is 0 Å². The molecule has 1 saturated carbocycles. The molecule has 4 amide bonds. The standard InChI is InChI=1S/C37H27Cl2F3N4O5S/c38-21-7-5-19(6-8-21)36-27(33(49)46(35(36)51)44-31-28(39)14-20(16-43-31)37(40,41)42)15-26-24(30(36)18-3-9-22(47)10-4-18)11-12-25-29(26)34(50)45(32(25)48)17-23-2-1-13-52-23/h1-11,13-14,16,25-27,29-30,47H,12,15,17H2,(H,43,44)/t25-,26+,27-,29-,30-,36+/m0/s1. The van der Waals surface area contributed by atoms with E-state index in [0.29, 0.717) is 34.0 Å².